The molecule has 0 fully saturated rings. The van der Waals surface area contributed by atoms with Gasteiger partial charge in [-0.05, 0) is 12.2 Å². The Balaban J connectivity index is 3.22. The third kappa shape index (κ3) is 1.24. The van der Waals surface area contributed by atoms with Crippen LogP contribution in [0, 0.1) is 4.77 Å². The number of nitrogens with zero attached hydrogens (tertiary/aromatic N) is 1. The average Bonchev–Trinajstić information content (AvgIpc) is 1.94. The summed E-state index contributed by atoms with van der Waals surface area (Å²) in [6.45, 7) is 0. The number of ether oxygens (including phenoxy) is 1. The maximum atomic E-state index is 8.97. The Kier molecular flexibility index (Phi) is 1.86. The molecule has 0 amide bonds. The Bertz CT molecular complexity index is 283. The molecule has 0 saturated heterocycles. The Labute approximate surface area is 62.5 Å². The molecule has 0 aromatic carbocycles. The van der Waals surface area contributed by atoms with Crippen LogP contribution in [0.25, 0.3) is 0 Å². The molecule has 0 atom stereocenters. The second-order valence-electron chi connectivity index (χ2n) is 1.61. The van der Waals surface area contributed by atoms with Gasteiger partial charge in [0, 0.05) is 0 Å². The zero-order chi connectivity index (χ0) is 7.56. The standard InChI is InChI=1S/C5H6N2O2S/c1-9-4-3(8)2-6-5(10)7-4/h2,8H,1H3,(H,6,7,10). The second-order valence-corrected chi connectivity index (χ2v) is 1.99. The van der Waals surface area contributed by atoms with Crippen LogP contribution in [0.3, 0.4) is 0 Å². The van der Waals surface area contributed by atoms with Gasteiger partial charge in [-0.15, -0.1) is 0 Å². The number of aromatic amines is 1. The second kappa shape index (κ2) is 2.66. The SMILES string of the molecule is COc1[nH]c(=S)ncc1O. The summed E-state index contributed by atoms with van der Waals surface area (Å²) in [6, 6.07) is 0. The van der Waals surface area contributed by atoms with E-state index >= 15 is 0 Å². The number of H-pyrrole nitrogens is 1. The first kappa shape index (κ1) is 7.01. The fourth-order valence-corrected chi connectivity index (χ4v) is 0.673. The van der Waals surface area contributed by atoms with Crippen molar-refractivity contribution < 1.29 is 9.84 Å². The molecule has 0 aliphatic heterocycles. The molecule has 1 rings (SSSR count). The molecule has 0 aliphatic carbocycles. The molecular formula is C5H6N2O2S. The Hall–Kier alpha value is -1.10. The van der Waals surface area contributed by atoms with E-state index in [0.29, 0.717) is 0 Å². The van der Waals surface area contributed by atoms with E-state index in [4.69, 9.17) is 9.84 Å². The minimum Gasteiger partial charge on any atom is -0.502 e. The van der Waals surface area contributed by atoms with Gasteiger partial charge in [-0.25, -0.2) is 4.98 Å². The van der Waals surface area contributed by atoms with E-state index in [9.17, 15) is 0 Å². The molecule has 4 nitrogen and oxygen atoms in total. The quantitative estimate of drug-likeness (QED) is 0.595. The van der Waals surface area contributed by atoms with Gasteiger partial charge in [-0.3, -0.25) is 4.98 Å². The fraction of sp³-hybridized carbons (Fsp3) is 0.200. The summed E-state index contributed by atoms with van der Waals surface area (Å²) < 4.78 is 5.00. The van der Waals surface area contributed by atoms with Gasteiger partial charge in [0.05, 0.1) is 13.3 Å². The van der Waals surface area contributed by atoms with Gasteiger partial charge in [0.25, 0.3) is 0 Å². The molecule has 54 valence electrons. The average molecular weight is 158 g/mol. The molecular weight excluding hydrogens is 152 g/mol. The number of aromatic nitrogens is 2. The van der Waals surface area contributed by atoms with Crippen LogP contribution in [-0.2, 0) is 0 Å². The topological polar surface area (TPSA) is 58.1 Å². The van der Waals surface area contributed by atoms with Crippen LogP contribution in [-0.4, -0.2) is 22.2 Å². The predicted molar refractivity (Wildman–Crippen MR) is 37.6 cm³/mol. The highest BCUT2D eigenvalue weighted by molar-refractivity contribution is 7.71. The predicted octanol–water partition coefficient (Wildman–Crippen LogP) is 0.853. The van der Waals surface area contributed by atoms with Crippen LogP contribution in [0.15, 0.2) is 6.20 Å². The molecule has 2 N–H and O–H groups in total. The maximum absolute atomic E-state index is 8.97. The van der Waals surface area contributed by atoms with E-state index < -0.39 is 0 Å². The molecule has 0 spiro atoms. The largest absolute Gasteiger partial charge is 0.502 e. The molecule has 1 heterocycles. The smallest absolute Gasteiger partial charge is 0.237 e. The number of rotatable bonds is 1. The zero-order valence-corrected chi connectivity index (χ0v) is 6.10. The molecule has 1 aromatic heterocycles. The Morgan fingerprint density at radius 3 is 3.00 bits per heavy atom. The van der Waals surface area contributed by atoms with Crippen LogP contribution in [0.1, 0.15) is 0 Å². The van der Waals surface area contributed by atoms with Gasteiger partial charge in [0.1, 0.15) is 0 Å². The number of nitrogens with one attached hydrogen (secondary N) is 1. The summed E-state index contributed by atoms with van der Waals surface area (Å²) in [6.07, 6.45) is 1.23. The number of hydrogen-bond acceptors (Lipinski definition) is 4. The van der Waals surface area contributed by atoms with Crippen molar-refractivity contribution in [1.29, 1.82) is 0 Å². The third-order valence-electron chi connectivity index (χ3n) is 0.961. The Morgan fingerprint density at radius 2 is 2.50 bits per heavy atom. The van der Waals surface area contributed by atoms with Gasteiger partial charge in [0.15, 0.2) is 10.5 Å². The highest BCUT2D eigenvalue weighted by Crippen LogP contribution is 2.18. The minimum absolute atomic E-state index is 0.0453. The van der Waals surface area contributed by atoms with Crippen molar-refractivity contribution in [2.75, 3.05) is 7.11 Å². The summed E-state index contributed by atoms with van der Waals surface area (Å²) in [4.78, 5) is 6.17. The lowest BCUT2D eigenvalue weighted by Gasteiger charge is -1.99. The molecule has 0 unspecified atom stereocenters. The van der Waals surface area contributed by atoms with Crippen molar-refractivity contribution in [3.8, 4) is 11.6 Å². The van der Waals surface area contributed by atoms with Crippen LogP contribution >= 0.6 is 12.2 Å². The van der Waals surface area contributed by atoms with E-state index in [2.05, 4.69) is 22.2 Å². The van der Waals surface area contributed by atoms with Crippen molar-refractivity contribution in [2.45, 2.75) is 0 Å². The molecule has 1 aromatic rings. The fourth-order valence-electron chi connectivity index (χ4n) is 0.527. The summed E-state index contributed by atoms with van der Waals surface area (Å²) in [5.74, 6) is 0.191. The lowest BCUT2D eigenvalue weighted by Crippen LogP contribution is -1.89. The van der Waals surface area contributed by atoms with E-state index in [1.54, 1.807) is 0 Å². The first-order valence-electron chi connectivity index (χ1n) is 2.56. The monoisotopic (exact) mass is 158 g/mol. The summed E-state index contributed by atoms with van der Waals surface area (Å²) >= 11 is 4.67. The molecule has 0 saturated carbocycles. The van der Waals surface area contributed by atoms with Crippen molar-refractivity contribution in [1.82, 2.24) is 9.97 Å². The lowest BCUT2D eigenvalue weighted by molar-refractivity contribution is 0.356. The highest BCUT2D eigenvalue weighted by atomic mass is 32.1. The van der Waals surface area contributed by atoms with Gasteiger partial charge in [-0.1, -0.05) is 0 Å². The Morgan fingerprint density at radius 1 is 1.80 bits per heavy atom. The first-order valence-corrected chi connectivity index (χ1v) is 2.97. The molecule has 10 heavy (non-hydrogen) atoms. The van der Waals surface area contributed by atoms with Crippen LogP contribution < -0.4 is 4.74 Å². The summed E-state index contributed by atoms with van der Waals surface area (Å²) in [5, 5.41) is 8.97. The molecule has 5 heteroatoms. The number of aromatic hydroxyl groups is 1. The summed E-state index contributed by atoms with van der Waals surface area (Å²) in [7, 11) is 1.43. The number of methoxy groups -OCH3 is 1. The van der Waals surface area contributed by atoms with Gasteiger partial charge >= 0.3 is 0 Å². The minimum atomic E-state index is -0.0453. The molecule has 0 aliphatic rings. The van der Waals surface area contributed by atoms with Crippen LogP contribution in [0.4, 0.5) is 0 Å². The van der Waals surface area contributed by atoms with Crippen molar-refractivity contribution >= 4 is 12.2 Å². The van der Waals surface area contributed by atoms with Crippen molar-refractivity contribution in [2.24, 2.45) is 0 Å². The van der Waals surface area contributed by atoms with E-state index in [1.165, 1.54) is 13.3 Å². The summed E-state index contributed by atoms with van der Waals surface area (Å²) in [5.41, 5.74) is 0. The van der Waals surface area contributed by atoms with E-state index in [1.807, 2.05) is 0 Å². The van der Waals surface area contributed by atoms with Gasteiger partial charge in [-0.2, -0.15) is 0 Å². The third-order valence-corrected chi connectivity index (χ3v) is 1.17. The first-order chi connectivity index (χ1) is 4.74. The van der Waals surface area contributed by atoms with Crippen molar-refractivity contribution in [3.63, 3.8) is 0 Å². The van der Waals surface area contributed by atoms with E-state index in [0.717, 1.165) is 0 Å². The van der Waals surface area contributed by atoms with Gasteiger partial charge in [0.2, 0.25) is 5.88 Å². The zero-order valence-electron chi connectivity index (χ0n) is 5.29. The highest BCUT2D eigenvalue weighted by Gasteiger charge is 1.98. The van der Waals surface area contributed by atoms with Crippen LogP contribution in [0.5, 0.6) is 11.6 Å². The van der Waals surface area contributed by atoms with Gasteiger partial charge < -0.3 is 9.84 Å². The van der Waals surface area contributed by atoms with Crippen LogP contribution in [0.2, 0.25) is 0 Å². The molecule has 0 radical (unpaired) electrons. The lowest BCUT2D eigenvalue weighted by atomic mass is 10.6. The normalized spacial score (nSPS) is 9.30. The molecule has 0 bridgehead atoms. The maximum Gasteiger partial charge on any atom is 0.237 e. The van der Waals surface area contributed by atoms with Crippen molar-refractivity contribution in [3.05, 3.63) is 11.0 Å². The van der Waals surface area contributed by atoms with E-state index in [-0.39, 0.29) is 16.4 Å². The number of hydrogen-bond donors (Lipinski definition) is 2.